The highest BCUT2D eigenvalue weighted by atomic mass is 16.4. The molecule has 3 atom stereocenters. The Hall–Kier alpha value is -1.63. The maximum absolute atomic E-state index is 12.1. The number of amides is 2. The van der Waals surface area contributed by atoms with Crippen LogP contribution in [0.4, 0.5) is 0 Å². The van der Waals surface area contributed by atoms with E-state index in [1.54, 1.807) is 0 Å². The van der Waals surface area contributed by atoms with Gasteiger partial charge in [-0.05, 0) is 59.0 Å². The molecule has 7 heteroatoms. The average Bonchev–Trinajstić information content (AvgIpc) is 2.49. The minimum atomic E-state index is -1.00. The molecule has 0 aromatic rings. The first-order valence-corrected chi connectivity index (χ1v) is 9.14. The van der Waals surface area contributed by atoms with Crippen molar-refractivity contribution in [1.29, 1.82) is 0 Å². The lowest BCUT2D eigenvalue weighted by Gasteiger charge is -2.19. The molecule has 0 aliphatic carbocycles. The lowest BCUT2D eigenvalue weighted by Crippen LogP contribution is -2.41. The minimum Gasteiger partial charge on any atom is -0.480 e. The summed E-state index contributed by atoms with van der Waals surface area (Å²) >= 11 is 0. The molecule has 0 radical (unpaired) electrons. The summed E-state index contributed by atoms with van der Waals surface area (Å²) in [6.07, 6.45) is 2.84. The SMILES string of the molecule is CNCCCCC(NC(=O)CC(C)CC(C)C(=O)NC(C)C)C(=O)O. The van der Waals surface area contributed by atoms with Crippen LogP contribution in [-0.4, -0.2) is 48.6 Å². The van der Waals surface area contributed by atoms with Crippen molar-refractivity contribution >= 4 is 17.8 Å². The number of carboxylic acids is 1. The number of unbranched alkanes of at least 4 members (excludes halogenated alkanes) is 1. The Labute approximate surface area is 151 Å². The van der Waals surface area contributed by atoms with Gasteiger partial charge >= 0.3 is 5.97 Å². The predicted octanol–water partition coefficient (Wildman–Crippen LogP) is 1.52. The number of carbonyl (C=O) groups is 3. The Morgan fingerprint density at radius 3 is 2.16 bits per heavy atom. The Bertz CT molecular complexity index is 427. The van der Waals surface area contributed by atoms with Crippen LogP contribution >= 0.6 is 0 Å². The summed E-state index contributed by atoms with van der Waals surface area (Å²) in [7, 11) is 1.85. The number of hydrogen-bond acceptors (Lipinski definition) is 4. The van der Waals surface area contributed by atoms with Gasteiger partial charge in [-0.3, -0.25) is 9.59 Å². The van der Waals surface area contributed by atoms with Crippen LogP contribution in [0, 0.1) is 11.8 Å². The summed E-state index contributed by atoms with van der Waals surface area (Å²) in [5.74, 6) is -1.47. The zero-order chi connectivity index (χ0) is 19.4. The zero-order valence-corrected chi connectivity index (χ0v) is 16.2. The first kappa shape index (κ1) is 23.4. The highest BCUT2D eigenvalue weighted by molar-refractivity contribution is 5.83. The van der Waals surface area contributed by atoms with Gasteiger partial charge in [0.2, 0.25) is 11.8 Å². The molecule has 0 rings (SSSR count). The summed E-state index contributed by atoms with van der Waals surface area (Å²) < 4.78 is 0. The molecule has 0 aromatic heterocycles. The topological polar surface area (TPSA) is 108 Å². The van der Waals surface area contributed by atoms with E-state index in [-0.39, 0.29) is 36.1 Å². The highest BCUT2D eigenvalue weighted by Crippen LogP contribution is 2.16. The standard InChI is InChI=1S/C18H35N3O4/c1-12(2)20-17(23)14(4)10-13(3)11-16(22)21-15(18(24)25)8-6-7-9-19-5/h12-15,19H,6-11H2,1-5H3,(H,20,23)(H,21,22)(H,24,25). The Morgan fingerprint density at radius 2 is 1.64 bits per heavy atom. The highest BCUT2D eigenvalue weighted by Gasteiger charge is 2.22. The second-order valence-electron chi connectivity index (χ2n) is 7.17. The molecule has 4 N–H and O–H groups in total. The summed E-state index contributed by atoms with van der Waals surface area (Å²) in [6.45, 7) is 8.39. The van der Waals surface area contributed by atoms with E-state index in [9.17, 15) is 19.5 Å². The van der Waals surface area contributed by atoms with Gasteiger partial charge < -0.3 is 21.1 Å². The van der Waals surface area contributed by atoms with E-state index >= 15 is 0 Å². The minimum absolute atomic E-state index is 0.00616. The van der Waals surface area contributed by atoms with Gasteiger partial charge in [-0.25, -0.2) is 4.79 Å². The molecule has 7 nitrogen and oxygen atoms in total. The monoisotopic (exact) mass is 357 g/mol. The van der Waals surface area contributed by atoms with Crippen molar-refractivity contribution in [3.8, 4) is 0 Å². The molecule has 2 amide bonds. The fourth-order valence-electron chi connectivity index (χ4n) is 2.70. The third-order valence-corrected chi connectivity index (χ3v) is 3.97. The van der Waals surface area contributed by atoms with Crippen molar-refractivity contribution < 1.29 is 19.5 Å². The van der Waals surface area contributed by atoms with Crippen LogP contribution in [0.2, 0.25) is 0 Å². The first-order chi connectivity index (χ1) is 11.7. The van der Waals surface area contributed by atoms with E-state index < -0.39 is 12.0 Å². The van der Waals surface area contributed by atoms with Gasteiger partial charge in [0, 0.05) is 18.4 Å². The van der Waals surface area contributed by atoms with E-state index in [2.05, 4.69) is 16.0 Å². The van der Waals surface area contributed by atoms with E-state index in [4.69, 9.17) is 0 Å². The van der Waals surface area contributed by atoms with E-state index in [0.29, 0.717) is 12.8 Å². The van der Waals surface area contributed by atoms with Crippen LogP contribution in [0.3, 0.4) is 0 Å². The fraction of sp³-hybridized carbons (Fsp3) is 0.833. The fourth-order valence-corrected chi connectivity index (χ4v) is 2.70. The van der Waals surface area contributed by atoms with Crippen molar-refractivity contribution in [3.63, 3.8) is 0 Å². The van der Waals surface area contributed by atoms with Crippen LogP contribution in [0.15, 0.2) is 0 Å². The largest absolute Gasteiger partial charge is 0.480 e. The molecule has 0 saturated heterocycles. The molecule has 0 saturated carbocycles. The number of aliphatic carboxylic acids is 1. The molecule has 25 heavy (non-hydrogen) atoms. The molecule has 0 aliphatic rings. The van der Waals surface area contributed by atoms with Crippen molar-refractivity contribution in [2.24, 2.45) is 11.8 Å². The first-order valence-electron chi connectivity index (χ1n) is 9.14. The van der Waals surface area contributed by atoms with Crippen LogP contribution in [0.25, 0.3) is 0 Å². The Balaban J connectivity index is 4.30. The van der Waals surface area contributed by atoms with Gasteiger partial charge in [-0.2, -0.15) is 0 Å². The van der Waals surface area contributed by atoms with Gasteiger partial charge in [0.05, 0.1) is 0 Å². The third kappa shape index (κ3) is 11.5. The van der Waals surface area contributed by atoms with E-state index in [0.717, 1.165) is 19.4 Å². The van der Waals surface area contributed by atoms with Crippen molar-refractivity contribution in [1.82, 2.24) is 16.0 Å². The molecular weight excluding hydrogens is 322 g/mol. The lowest BCUT2D eigenvalue weighted by molar-refractivity contribution is -0.142. The number of carboxylic acid groups (broad SMARTS) is 1. The number of carbonyl (C=O) groups excluding carboxylic acids is 2. The predicted molar refractivity (Wildman–Crippen MR) is 98.2 cm³/mol. The smallest absolute Gasteiger partial charge is 0.326 e. The van der Waals surface area contributed by atoms with E-state index in [1.807, 2.05) is 34.7 Å². The third-order valence-electron chi connectivity index (χ3n) is 3.97. The molecule has 0 heterocycles. The number of hydrogen-bond donors (Lipinski definition) is 4. The van der Waals surface area contributed by atoms with Crippen molar-refractivity contribution in [2.45, 2.75) is 71.9 Å². The second kappa shape index (κ2) is 12.7. The maximum Gasteiger partial charge on any atom is 0.326 e. The van der Waals surface area contributed by atoms with Crippen LogP contribution in [0.1, 0.15) is 59.8 Å². The number of nitrogens with one attached hydrogen (secondary N) is 3. The Morgan fingerprint density at radius 1 is 1.00 bits per heavy atom. The molecular formula is C18H35N3O4. The molecule has 146 valence electrons. The van der Waals surface area contributed by atoms with Gasteiger partial charge in [0.1, 0.15) is 6.04 Å². The summed E-state index contributed by atoms with van der Waals surface area (Å²) in [4.78, 5) is 35.3. The van der Waals surface area contributed by atoms with Crippen molar-refractivity contribution in [3.05, 3.63) is 0 Å². The van der Waals surface area contributed by atoms with Crippen LogP contribution in [-0.2, 0) is 14.4 Å². The molecule has 0 aromatic carbocycles. The number of rotatable bonds is 13. The average molecular weight is 357 g/mol. The summed E-state index contributed by atoms with van der Waals surface area (Å²) in [6, 6.07) is -0.758. The second-order valence-corrected chi connectivity index (χ2v) is 7.17. The van der Waals surface area contributed by atoms with E-state index in [1.165, 1.54) is 0 Å². The van der Waals surface area contributed by atoms with Crippen molar-refractivity contribution in [2.75, 3.05) is 13.6 Å². The van der Waals surface area contributed by atoms with Gasteiger partial charge in [-0.1, -0.05) is 13.8 Å². The Kier molecular flexibility index (Phi) is 11.9. The van der Waals surface area contributed by atoms with Gasteiger partial charge in [0.15, 0.2) is 0 Å². The normalized spacial score (nSPS) is 14.6. The molecule has 0 fully saturated rings. The summed E-state index contributed by atoms with van der Waals surface area (Å²) in [5.41, 5.74) is 0. The maximum atomic E-state index is 12.1. The van der Waals surface area contributed by atoms with Gasteiger partial charge in [0.25, 0.3) is 0 Å². The zero-order valence-electron chi connectivity index (χ0n) is 16.2. The molecule has 0 aliphatic heterocycles. The van der Waals surface area contributed by atoms with Crippen LogP contribution in [0.5, 0.6) is 0 Å². The molecule has 0 bridgehead atoms. The lowest BCUT2D eigenvalue weighted by atomic mass is 9.93. The quantitative estimate of drug-likeness (QED) is 0.374. The molecule has 0 spiro atoms. The summed E-state index contributed by atoms with van der Waals surface area (Å²) in [5, 5.41) is 17.7. The molecule has 3 unspecified atom stereocenters. The van der Waals surface area contributed by atoms with Gasteiger partial charge in [-0.15, -0.1) is 0 Å². The van der Waals surface area contributed by atoms with Crippen LogP contribution < -0.4 is 16.0 Å².